The third-order valence-electron chi connectivity index (χ3n) is 2.51. The van der Waals surface area contributed by atoms with Crippen LogP contribution in [0.25, 0.3) is 0 Å². The van der Waals surface area contributed by atoms with Crippen molar-refractivity contribution in [3.63, 3.8) is 0 Å². The summed E-state index contributed by atoms with van der Waals surface area (Å²) in [5.74, 6) is -0.264. The molecule has 5 heteroatoms. The van der Waals surface area contributed by atoms with Gasteiger partial charge in [-0.15, -0.1) is 11.3 Å². The molecule has 1 aromatic heterocycles. The van der Waals surface area contributed by atoms with Gasteiger partial charge in [0.2, 0.25) is 0 Å². The first-order valence-electron chi connectivity index (χ1n) is 5.71. The topological polar surface area (TPSA) is 24.9 Å². The highest BCUT2D eigenvalue weighted by molar-refractivity contribution is 7.09. The zero-order chi connectivity index (χ0) is 13.0. The van der Waals surface area contributed by atoms with Gasteiger partial charge in [0.15, 0.2) is 0 Å². The van der Waals surface area contributed by atoms with Crippen molar-refractivity contribution in [2.75, 3.05) is 6.54 Å². The summed E-state index contributed by atoms with van der Waals surface area (Å²) in [6, 6.07) is 4.74. The van der Waals surface area contributed by atoms with Crippen LogP contribution in [0.5, 0.6) is 0 Å². The fourth-order valence-corrected chi connectivity index (χ4v) is 2.54. The SMILES string of the molecule is Cc1csc(CCNCc2ccc(Cl)cc2F)n1. The second kappa shape index (κ2) is 6.27. The predicted molar refractivity (Wildman–Crippen MR) is 73.7 cm³/mol. The van der Waals surface area contributed by atoms with Crippen molar-refractivity contribution in [2.45, 2.75) is 19.9 Å². The summed E-state index contributed by atoms with van der Waals surface area (Å²) in [6.07, 6.45) is 0.869. The number of aromatic nitrogens is 1. The van der Waals surface area contributed by atoms with E-state index in [1.807, 2.05) is 12.3 Å². The van der Waals surface area contributed by atoms with E-state index in [1.54, 1.807) is 23.5 Å². The number of benzene rings is 1. The number of nitrogens with zero attached hydrogens (tertiary/aromatic N) is 1. The van der Waals surface area contributed by atoms with Crippen molar-refractivity contribution in [1.82, 2.24) is 10.3 Å². The summed E-state index contributed by atoms with van der Waals surface area (Å²) in [5, 5.41) is 6.77. The molecular weight excluding hydrogens is 271 g/mol. The van der Waals surface area contributed by atoms with Crippen molar-refractivity contribution in [3.8, 4) is 0 Å². The number of hydrogen-bond acceptors (Lipinski definition) is 3. The van der Waals surface area contributed by atoms with Crippen LogP contribution in [0.4, 0.5) is 4.39 Å². The Morgan fingerprint density at radius 1 is 1.44 bits per heavy atom. The summed E-state index contributed by atoms with van der Waals surface area (Å²) in [4.78, 5) is 4.37. The van der Waals surface area contributed by atoms with Gasteiger partial charge in [0.25, 0.3) is 0 Å². The minimum atomic E-state index is -0.264. The number of thiazole rings is 1. The molecule has 0 aliphatic rings. The monoisotopic (exact) mass is 284 g/mol. The second-order valence-corrected chi connectivity index (χ2v) is 5.42. The van der Waals surface area contributed by atoms with Gasteiger partial charge >= 0.3 is 0 Å². The van der Waals surface area contributed by atoms with E-state index in [9.17, 15) is 4.39 Å². The number of halogens is 2. The number of hydrogen-bond donors (Lipinski definition) is 1. The second-order valence-electron chi connectivity index (χ2n) is 4.05. The molecule has 0 aliphatic heterocycles. The maximum absolute atomic E-state index is 13.5. The largest absolute Gasteiger partial charge is 0.312 e. The summed E-state index contributed by atoms with van der Waals surface area (Å²) < 4.78 is 13.5. The minimum Gasteiger partial charge on any atom is -0.312 e. The fraction of sp³-hybridized carbons (Fsp3) is 0.308. The van der Waals surface area contributed by atoms with E-state index >= 15 is 0 Å². The quantitative estimate of drug-likeness (QED) is 0.849. The Balaban J connectivity index is 1.78. The van der Waals surface area contributed by atoms with Crippen molar-refractivity contribution in [2.24, 2.45) is 0 Å². The summed E-state index contributed by atoms with van der Waals surface area (Å²) in [7, 11) is 0. The molecule has 0 fully saturated rings. The van der Waals surface area contributed by atoms with Gasteiger partial charge in [-0.05, 0) is 19.1 Å². The number of rotatable bonds is 5. The molecule has 18 heavy (non-hydrogen) atoms. The van der Waals surface area contributed by atoms with Crippen molar-refractivity contribution in [1.29, 1.82) is 0 Å². The lowest BCUT2D eigenvalue weighted by atomic mass is 10.2. The zero-order valence-electron chi connectivity index (χ0n) is 10.0. The molecule has 0 radical (unpaired) electrons. The Morgan fingerprint density at radius 3 is 2.94 bits per heavy atom. The summed E-state index contributed by atoms with van der Waals surface area (Å²) in [5.41, 5.74) is 1.69. The van der Waals surface area contributed by atoms with Gasteiger partial charge in [-0.2, -0.15) is 0 Å². The molecular formula is C13H14ClFN2S. The molecule has 0 aliphatic carbocycles. The Morgan fingerprint density at radius 2 is 2.28 bits per heavy atom. The van der Waals surface area contributed by atoms with Gasteiger partial charge in [-0.3, -0.25) is 0 Å². The van der Waals surface area contributed by atoms with Crippen molar-refractivity contribution in [3.05, 3.63) is 50.7 Å². The average Bonchev–Trinajstić information content (AvgIpc) is 2.73. The molecule has 1 aromatic carbocycles. The highest BCUT2D eigenvalue weighted by atomic mass is 35.5. The Kier molecular flexibility index (Phi) is 4.69. The predicted octanol–water partition coefficient (Wildman–Crippen LogP) is 3.58. The third kappa shape index (κ3) is 3.77. The maximum atomic E-state index is 13.5. The van der Waals surface area contributed by atoms with Crippen LogP contribution in [0.15, 0.2) is 23.6 Å². The normalized spacial score (nSPS) is 10.8. The first-order valence-corrected chi connectivity index (χ1v) is 6.96. The Labute approximate surface area is 115 Å². The van der Waals surface area contributed by atoms with E-state index in [1.165, 1.54) is 6.07 Å². The van der Waals surface area contributed by atoms with Crippen LogP contribution >= 0.6 is 22.9 Å². The van der Waals surface area contributed by atoms with E-state index in [0.717, 1.165) is 23.7 Å². The standard InChI is InChI=1S/C13H14ClFN2S/c1-9-8-18-13(17-9)4-5-16-7-10-2-3-11(14)6-12(10)15/h2-3,6,8,16H,4-5,7H2,1H3. The van der Waals surface area contributed by atoms with Crippen molar-refractivity contribution >= 4 is 22.9 Å². The van der Waals surface area contributed by atoms with E-state index in [0.29, 0.717) is 17.1 Å². The number of nitrogens with one attached hydrogen (secondary N) is 1. The van der Waals surface area contributed by atoms with Crippen LogP contribution in [0.3, 0.4) is 0 Å². The molecule has 1 heterocycles. The first kappa shape index (κ1) is 13.5. The molecule has 2 aromatic rings. The van der Waals surface area contributed by atoms with Gasteiger partial charge in [0.1, 0.15) is 5.82 Å². The molecule has 0 atom stereocenters. The van der Waals surface area contributed by atoms with Gasteiger partial charge in [-0.25, -0.2) is 9.37 Å². The van der Waals surface area contributed by atoms with E-state index in [-0.39, 0.29) is 5.82 Å². The smallest absolute Gasteiger partial charge is 0.129 e. The summed E-state index contributed by atoms with van der Waals surface area (Å²) >= 11 is 7.35. The highest BCUT2D eigenvalue weighted by Gasteiger charge is 2.03. The number of aryl methyl sites for hydroxylation is 1. The molecule has 0 amide bonds. The molecule has 96 valence electrons. The van der Waals surface area contributed by atoms with Gasteiger partial charge in [0, 0.05) is 41.2 Å². The lowest BCUT2D eigenvalue weighted by Gasteiger charge is -2.05. The zero-order valence-corrected chi connectivity index (χ0v) is 11.6. The van der Waals surface area contributed by atoms with Crippen molar-refractivity contribution < 1.29 is 4.39 Å². The average molecular weight is 285 g/mol. The first-order chi connectivity index (χ1) is 8.65. The van der Waals surface area contributed by atoms with E-state index in [4.69, 9.17) is 11.6 Å². The van der Waals surface area contributed by atoms with Crippen LogP contribution in [-0.2, 0) is 13.0 Å². The Bertz CT molecular complexity index is 527. The van der Waals surface area contributed by atoms with Crippen LogP contribution in [0.1, 0.15) is 16.3 Å². The van der Waals surface area contributed by atoms with Crippen LogP contribution < -0.4 is 5.32 Å². The Hall–Kier alpha value is -0.970. The highest BCUT2D eigenvalue weighted by Crippen LogP contribution is 2.14. The molecule has 2 nitrogen and oxygen atoms in total. The van der Waals surface area contributed by atoms with Crippen LogP contribution in [-0.4, -0.2) is 11.5 Å². The summed E-state index contributed by atoms with van der Waals surface area (Å²) in [6.45, 7) is 3.28. The van der Waals surface area contributed by atoms with Gasteiger partial charge < -0.3 is 5.32 Å². The van der Waals surface area contributed by atoms with Gasteiger partial charge in [0.05, 0.1) is 5.01 Å². The maximum Gasteiger partial charge on any atom is 0.129 e. The molecule has 0 bridgehead atoms. The van der Waals surface area contributed by atoms with E-state index < -0.39 is 0 Å². The lowest BCUT2D eigenvalue weighted by molar-refractivity contribution is 0.588. The molecule has 2 rings (SSSR count). The molecule has 0 saturated heterocycles. The minimum absolute atomic E-state index is 0.264. The van der Waals surface area contributed by atoms with E-state index in [2.05, 4.69) is 10.3 Å². The molecule has 0 saturated carbocycles. The fourth-order valence-electron chi connectivity index (χ4n) is 1.60. The van der Waals surface area contributed by atoms with Crippen LogP contribution in [0, 0.1) is 12.7 Å². The molecule has 1 N–H and O–H groups in total. The van der Waals surface area contributed by atoms with Gasteiger partial charge in [-0.1, -0.05) is 17.7 Å². The third-order valence-corrected chi connectivity index (χ3v) is 3.77. The molecule has 0 unspecified atom stereocenters. The lowest BCUT2D eigenvalue weighted by Crippen LogP contribution is -2.17. The van der Waals surface area contributed by atoms with Crippen LogP contribution in [0.2, 0.25) is 5.02 Å². The molecule has 0 spiro atoms.